The minimum absolute atomic E-state index is 0.105. The van der Waals surface area contributed by atoms with Crippen molar-refractivity contribution in [3.63, 3.8) is 0 Å². The first-order chi connectivity index (χ1) is 12.2. The van der Waals surface area contributed by atoms with Gasteiger partial charge in [-0.2, -0.15) is 11.8 Å². The molecule has 1 aromatic rings. The van der Waals surface area contributed by atoms with E-state index in [1.54, 1.807) is 0 Å². The highest BCUT2D eigenvalue weighted by molar-refractivity contribution is 7.99. The predicted molar refractivity (Wildman–Crippen MR) is 108 cm³/mol. The number of hydrogen-bond donors (Lipinski definition) is 0. The fourth-order valence-electron chi connectivity index (χ4n) is 3.98. The quantitative estimate of drug-likeness (QED) is 0.539. The average molecular weight is 378 g/mol. The van der Waals surface area contributed by atoms with Crippen LogP contribution in [0.4, 0.5) is 0 Å². The van der Waals surface area contributed by atoms with Gasteiger partial charge >= 0.3 is 0 Å². The number of likely N-dealkylation sites (tertiary alicyclic amines) is 1. The fraction of sp³-hybridized carbons (Fsp3) is 0.571. The van der Waals surface area contributed by atoms with Crippen molar-refractivity contribution in [1.82, 2.24) is 4.90 Å². The van der Waals surface area contributed by atoms with E-state index >= 15 is 0 Å². The first-order valence-corrected chi connectivity index (χ1v) is 10.9. The van der Waals surface area contributed by atoms with Gasteiger partial charge in [-0.1, -0.05) is 36.7 Å². The Morgan fingerprint density at radius 3 is 2.60 bits per heavy atom. The van der Waals surface area contributed by atoms with E-state index in [4.69, 9.17) is 11.6 Å². The fourth-order valence-corrected chi connectivity index (χ4v) is 5.01. The molecule has 0 radical (unpaired) electrons. The molecule has 3 atom stereocenters. The van der Waals surface area contributed by atoms with Crippen LogP contribution < -0.4 is 0 Å². The van der Waals surface area contributed by atoms with E-state index in [0.29, 0.717) is 17.9 Å². The molecule has 25 heavy (non-hydrogen) atoms. The summed E-state index contributed by atoms with van der Waals surface area (Å²) in [5, 5.41) is 0.752. The molecule has 0 spiro atoms. The van der Waals surface area contributed by atoms with Crippen molar-refractivity contribution in [3.8, 4) is 0 Å². The normalized spacial score (nSPS) is 25.0. The molecule has 1 aromatic carbocycles. The number of piperidine rings is 1. The Morgan fingerprint density at radius 1 is 1.28 bits per heavy atom. The Labute approximate surface area is 161 Å². The molecule has 1 aliphatic carbocycles. The molecule has 0 bridgehead atoms. The van der Waals surface area contributed by atoms with Gasteiger partial charge in [0.05, 0.1) is 6.04 Å². The van der Waals surface area contributed by atoms with Gasteiger partial charge in [-0.25, -0.2) is 0 Å². The topological polar surface area (TPSA) is 20.3 Å². The maximum atomic E-state index is 13.3. The van der Waals surface area contributed by atoms with E-state index in [9.17, 15) is 4.79 Å². The minimum atomic E-state index is 0.105. The maximum absolute atomic E-state index is 13.3. The molecule has 1 heterocycles. The molecule has 1 aliphatic heterocycles. The Morgan fingerprint density at radius 2 is 2.00 bits per heavy atom. The van der Waals surface area contributed by atoms with Crippen molar-refractivity contribution in [2.24, 2.45) is 11.8 Å². The summed E-state index contributed by atoms with van der Waals surface area (Å²) in [7, 11) is 0. The van der Waals surface area contributed by atoms with Crippen LogP contribution in [0.1, 0.15) is 50.6 Å². The number of rotatable bonds is 8. The van der Waals surface area contributed by atoms with Gasteiger partial charge in [-0.15, -0.1) is 6.58 Å². The summed E-state index contributed by atoms with van der Waals surface area (Å²) in [6.07, 6.45) is 7.20. The van der Waals surface area contributed by atoms with Crippen molar-refractivity contribution in [2.75, 3.05) is 11.5 Å². The number of carbonyl (C=O) groups excluding carboxylic acids is 1. The van der Waals surface area contributed by atoms with Crippen molar-refractivity contribution in [2.45, 2.75) is 51.1 Å². The smallest absolute Gasteiger partial charge is 0.226 e. The van der Waals surface area contributed by atoms with Crippen molar-refractivity contribution < 1.29 is 4.79 Å². The minimum Gasteiger partial charge on any atom is -0.331 e. The van der Waals surface area contributed by atoms with Crippen LogP contribution in [0.15, 0.2) is 36.9 Å². The number of thioether (sulfide) groups is 1. The van der Waals surface area contributed by atoms with Crippen LogP contribution in [0.3, 0.4) is 0 Å². The number of hydrogen-bond acceptors (Lipinski definition) is 2. The van der Waals surface area contributed by atoms with E-state index in [0.717, 1.165) is 35.8 Å². The Balaban J connectivity index is 1.89. The lowest BCUT2D eigenvalue weighted by Crippen LogP contribution is -2.50. The number of nitrogens with zero attached hydrogens (tertiary/aromatic N) is 1. The third-order valence-corrected chi connectivity index (χ3v) is 6.69. The van der Waals surface area contributed by atoms with Crippen molar-refractivity contribution in [3.05, 3.63) is 47.5 Å². The predicted octanol–water partition coefficient (Wildman–Crippen LogP) is 5.73. The zero-order valence-corrected chi connectivity index (χ0v) is 16.6. The van der Waals surface area contributed by atoms with Gasteiger partial charge in [0, 0.05) is 22.7 Å². The number of halogens is 1. The lowest BCUT2D eigenvalue weighted by atomic mass is 9.85. The van der Waals surface area contributed by atoms with Crippen LogP contribution >= 0.6 is 23.4 Å². The molecule has 2 unspecified atom stereocenters. The number of amides is 1. The van der Waals surface area contributed by atoms with E-state index in [-0.39, 0.29) is 12.0 Å². The highest BCUT2D eigenvalue weighted by atomic mass is 35.5. The van der Waals surface area contributed by atoms with Crippen LogP contribution in [0.25, 0.3) is 0 Å². The summed E-state index contributed by atoms with van der Waals surface area (Å²) in [6, 6.07) is 8.64. The van der Waals surface area contributed by atoms with Gasteiger partial charge in [0.2, 0.25) is 5.91 Å². The standard InChI is InChI=1S/C21H28ClNOS/c1-3-5-17-10-13-19(15-8-11-18(22)12-9-15)23(21(17)24)20(14-25-4-2)16-6-7-16/h3,8-9,11-12,16-17,19-20H,1,4-7,10,13-14H2,2H3/t17-,19?,20?/m0/s1. The number of carbonyl (C=O) groups is 1. The first kappa shape index (κ1) is 18.8. The molecule has 0 N–H and O–H groups in total. The van der Waals surface area contributed by atoms with Gasteiger partial charge in [0.25, 0.3) is 0 Å². The van der Waals surface area contributed by atoms with Crippen LogP contribution in [-0.4, -0.2) is 28.4 Å². The average Bonchev–Trinajstić information content (AvgIpc) is 3.44. The van der Waals surface area contributed by atoms with E-state index in [1.165, 1.54) is 18.4 Å². The molecule has 4 heteroatoms. The third-order valence-electron chi connectivity index (χ3n) is 5.45. The largest absolute Gasteiger partial charge is 0.331 e. The highest BCUT2D eigenvalue weighted by Crippen LogP contribution is 2.44. The second-order valence-electron chi connectivity index (χ2n) is 7.18. The Bertz CT molecular complexity index is 598. The first-order valence-electron chi connectivity index (χ1n) is 9.42. The summed E-state index contributed by atoms with van der Waals surface area (Å²) in [5.41, 5.74) is 1.22. The van der Waals surface area contributed by atoms with Crippen molar-refractivity contribution >= 4 is 29.3 Å². The zero-order valence-electron chi connectivity index (χ0n) is 15.0. The van der Waals surface area contributed by atoms with E-state index < -0.39 is 0 Å². The summed E-state index contributed by atoms with van der Waals surface area (Å²) >= 11 is 8.04. The molecule has 2 aliphatic rings. The monoisotopic (exact) mass is 377 g/mol. The van der Waals surface area contributed by atoms with Gasteiger partial charge in [0.1, 0.15) is 0 Å². The molecule has 1 saturated carbocycles. The zero-order chi connectivity index (χ0) is 17.8. The second-order valence-corrected chi connectivity index (χ2v) is 8.93. The molecule has 0 aromatic heterocycles. The molecule has 2 fully saturated rings. The molecule has 1 amide bonds. The van der Waals surface area contributed by atoms with Crippen molar-refractivity contribution in [1.29, 1.82) is 0 Å². The Hall–Kier alpha value is -0.930. The summed E-state index contributed by atoms with van der Waals surface area (Å²) in [5.74, 6) is 3.28. The molecule has 3 rings (SSSR count). The lowest BCUT2D eigenvalue weighted by Gasteiger charge is -2.44. The van der Waals surface area contributed by atoms with Gasteiger partial charge in [-0.05, 0) is 61.5 Å². The van der Waals surface area contributed by atoms with Crippen LogP contribution in [0, 0.1) is 11.8 Å². The summed E-state index contributed by atoms with van der Waals surface area (Å²) in [4.78, 5) is 15.6. The summed E-state index contributed by atoms with van der Waals surface area (Å²) < 4.78 is 0. The van der Waals surface area contributed by atoms with Crippen LogP contribution in [-0.2, 0) is 4.79 Å². The van der Waals surface area contributed by atoms with Crippen LogP contribution in [0.2, 0.25) is 5.02 Å². The molecular weight excluding hydrogens is 350 g/mol. The third kappa shape index (κ3) is 4.43. The number of allylic oxidation sites excluding steroid dienone is 1. The highest BCUT2D eigenvalue weighted by Gasteiger charge is 2.44. The van der Waals surface area contributed by atoms with Gasteiger partial charge < -0.3 is 4.90 Å². The molecule has 1 saturated heterocycles. The SMILES string of the molecule is C=CC[C@H]1CCC(c2ccc(Cl)cc2)N(C(CSCC)C2CC2)C1=O. The lowest BCUT2D eigenvalue weighted by molar-refractivity contribution is -0.145. The molecule has 136 valence electrons. The Kier molecular flexibility index (Phi) is 6.51. The van der Waals surface area contributed by atoms with E-state index in [2.05, 4.69) is 30.5 Å². The van der Waals surface area contributed by atoms with E-state index in [1.807, 2.05) is 30.0 Å². The number of benzene rings is 1. The van der Waals surface area contributed by atoms with Gasteiger partial charge in [-0.3, -0.25) is 4.79 Å². The molecule has 2 nitrogen and oxygen atoms in total. The maximum Gasteiger partial charge on any atom is 0.226 e. The second kappa shape index (κ2) is 8.64. The summed E-state index contributed by atoms with van der Waals surface area (Å²) in [6.45, 7) is 6.05. The molecular formula is C21H28ClNOS. The van der Waals surface area contributed by atoms with Gasteiger partial charge in [0.15, 0.2) is 0 Å². The van der Waals surface area contributed by atoms with Crippen LogP contribution in [0.5, 0.6) is 0 Å².